The smallest absolute Gasteiger partial charge is 0.337 e. The molecular weight excluding hydrogens is 242 g/mol. The molecule has 1 atom stereocenters. The van der Waals surface area contributed by atoms with E-state index in [0.29, 0.717) is 17.8 Å². The van der Waals surface area contributed by atoms with E-state index in [1.807, 2.05) is 36.9 Å². The lowest BCUT2D eigenvalue weighted by atomic mass is 10.1. The van der Waals surface area contributed by atoms with Crippen LogP contribution >= 0.6 is 0 Å². The summed E-state index contributed by atoms with van der Waals surface area (Å²) in [6.45, 7) is 4.55. The molecular formula is C14H17N3O2. The maximum absolute atomic E-state index is 11.2. The van der Waals surface area contributed by atoms with Gasteiger partial charge < -0.3 is 10.4 Å². The third kappa shape index (κ3) is 3.34. The highest BCUT2D eigenvalue weighted by Gasteiger charge is 2.12. The van der Waals surface area contributed by atoms with E-state index in [0.717, 1.165) is 5.56 Å². The maximum atomic E-state index is 11.2. The van der Waals surface area contributed by atoms with Crippen LogP contribution in [0.4, 0.5) is 5.69 Å². The van der Waals surface area contributed by atoms with E-state index in [1.54, 1.807) is 18.3 Å². The Labute approximate surface area is 111 Å². The Morgan fingerprint density at radius 1 is 1.53 bits per heavy atom. The Morgan fingerprint density at radius 3 is 2.95 bits per heavy atom. The number of nitrogens with zero attached hydrogens (tertiary/aromatic N) is 2. The molecule has 0 bridgehead atoms. The van der Waals surface area contributed by atoms with Crippen molar-refractivity contribution in [1.29, 1.82) is 0 Å². The lowest BCUT2D eigenvalue weighted by Crippen LogP contribution is -2.23. The zero-order valence-electron chi connectivity index (χ0n) is 11.0. The Balaban J connectivity index is 2.12. The van der Waals surface area contributed by atoms with Gasteiger partial charge >= 0.3 is 5.97 Å². The first kappa shape index (κ1) is 13.1. The summed E-state index contributed by atoms with van der Waals surface area (Å²) >= 11 is 0. The summed E-state index contributed by atoms with van der Waals surface area (Å²) in [5, 5.41) is 16.5. The lowest BCUT2D eigenvalue weighted by molar-refractivity contribution is 0.0698. The topological polar surface area (TPSA) is 67.2 Å². The molecule has 100 valence electrons. The van der Waals surface area contributed by atoms with Crippen LogP contribution in [0.3, 0.4) is 0 Å². The number of aryl methyl sites for hydroxylation is 1. The standard InChI is InChI=1S/C14H17N3O2/c1-10-4-5-13(12(8-10)14(18)19)16-11(2)9-17-7-3-6-15-17/h3-8,11,16H,9H2,1-2H3,(H,18,19). The fraction of sp³-hybridized carbons (Fsp3) is 0.286. The minimum absolute atomic E-state index is 0.0840. The molecule has 0 aliphatic carbocycles. The Kier molecular flexibility index (Phi) is 3.85. The van der Waals surface area contributed by atoms with Crippen LogP contribution in [0.1, 0.15) is 22.8 Å². The molecule has 0 aliphatic rings. The lowest BCUT2D eigenvalue weighted by Gasteiger charge is -2.17. The number of carboxylic acids is 1. The second-order valence-electron chi connectivity index (χ2n) is 4.63. The molecule has 2 aromatic rings. The molecule has 1 heterocycles. The quantitative estimate of drug-likeness (QED) is 0.865. The van der Waals surface area contributed by atoms with E-state index in [9.17, 15) is 9.90 Å². The fourth-order valence-electron chi connectivity index (χ4n) is 1.96. The number of anilines is 1. The molecule has 0 aliphatic heterocycles. The first-order chi connectivity index (χ1) is 9.06. The number of nitrogens with one attached hydrogen (secondary N) is 1. The van der Waals surface area contributed by atoms with Gasteiger partial charge in [-0.3, -0.25) is 4.68 Å². The van der Waals surface area contributed by atoms with Crippen LogP contribution in [0.5, 0.6) is 0 Å². The van der Waals surface area contributed by atoms with Gasteiger partial charge in [-0.15, -0.1) is 0 Å². The van der Waals surface area contributed by atoms with Crippen LogP contribution < -0.4 is 5.32 Å². The second kappa shape index (κ2) is 5.56. The molecule has 0 saturated carbocycles. The molecule has 1 aromatic heterocycles. The first-order valence-corrected chi connectivity index (χ1v) is 6.14. The third-order valence-electron chi connectivity index (χ3n) is 2.83. The SMILES string of the molecule is Cc1ccc(NC(C)Cn2cccn2)c(C(=O)O)c1. The minimum Gasteiger partial charge on any atom is -0.478 e. The number of aromatic nitrogens is 2. The van der Waals surface area contributed by atoms with Gasteiger partial charge in [0.1, 0.15) is 0 Å². The predicted molar refractivity (Wildman–Crippen MR) is 73.5 cm³/mol. The minimum atomic E-state index is -0.919. The van der Waals surface area contributed by atoms with Gasteiger partial charge in [0.2, 0.25) is 0 Å². The van der Waals surface area contributed by atoms with Crippen molar-refractivity contribution in [2.24, 2.45) is 0 Å². The predicted octanol–water partition coefficient (Wildman–Crippen LogP) is 2.39. The normalized spacial score (nSPS) is 12.1. The number of carboxylic acid groups (broad SMARTS) is 1. The van der Waals surface area contributed by atoms with Gasteiger partial charge in [0, 0.05) is 24.1 Å². The van der Waals surface area contributed by atoms with E-state index in [-0.39, 0.29) is 6.04 Å². The van der Waals surface area contributed by atoms with Crippen molar-refractivity contribution in [2.75, 3.05) is 5.32 Å². The number of carbonyl (C=O) groups is 1. The van der Waals surface area contributed by atoms with Crippen LogP contribution in [-0.4, -0.2) is 26.9 Å². The van der Waals surface area contributed by atoms with Gasteiger partial charge in [-0.2, -0.15) is 5.10 Å². The highest BCUT2D eigenvalue weighted by atomic mass is 16.4. The van der Waals surface area contributed by atoms with Gasteiger partial charge in [-0.25, -0.2) is 4.79 Å². The zero-order valence-corrected chi connectivity index (χ0v) is 11.0. The molecule has 0 radical (unpaired) electrons. The number of hydrogen-bond donors (Lipinski definition) is 2. The van der Waals surface area contributed by atoms with Gasteiger partial charge in [0.25, 0.3) is 0 Å². The van der Waals surface area contributed by atoms with Crippen LogP contribution in [0.15, 0.2) is 36.7 Å². The van der Waals surface area contributed by atoms with E-state index in [4.69, 9.17) is 0 Å². The molecule has 0 saturated heterocycles. The molecule has 2 rings (SSSR count). The number of rotatable bonds is 5. The van der Waals surface area contributed by atoms with Crippen molar-refractivity contribution in [2.45, 2.75) is 26.4 Å². The van der Waals surface area contributed by atoms with Gasteiger partial charge in [0.15, 0.2) is 0 Å². The summed E-state index contributed by atoms with van der Waals surface area (Å²) in [5.41, 5.74) is 1.87. The van der Waals surface area contributed by atoms with Crippen molar-refractivity contribution in [3.8, 4) is 0 Å². The fourth-order valence-corrected chi connectivity index (χ4v) is 1.96. The Bertz CT molecular complexity index is 564. The number of aromatic carboxylic acids is 1. The molecule has 0 spiro atoms. The maximum Gasteiger partial charge on any atom is 0.337 e. The molecule has 1 aromatic carbocycles. The molecule has 1 unspecified atom stereocenters. The average molecular weight is 259 g/mol. The summed E-state index contributed by atoms with van der Waals surface area (Å²) in [7, 11) is 0. The second-order valence-corrected chi connectivity index (χ2v) is 4.63. The summed E-state index contributed by atoms with van der Waals surface area (Å²) in [4.78, 5) is 11.2. The third-order valence-corrected chi connectivity index (χ3v) is 2.83. The van der Waals surface area contributed by atoms with Crippen molar-refractivity contribution in [3.05, 3.63) is 47.8 Å². The van der Waals surface area contributed by atoms with Crippen molar-refractivity contribution in [1.82, 2.24) is 9.78 Å². The van der Waals surface area contributed by atoms with Crippen molar-refractivity contribution >= 4 is 11.7 Å². The molecule has 19 heavy (non-hydrogen) atoms. The molecule has 0 fully saturated rings. The van der Waals surface area contributed by atoms with Crippen LogP contribution in [0.2, 0.25) is 0 Å². The number of hydrogen-bond acceptors (Lipinski definition) is 3. The van der Waals surface area contributed by atoms with Gasteiger partial charge in [-0.05, 0) is 32.0 Å². The molecule has 5 nitrogen and oxygen atoms in total. The van der Waals surface area contributed by atoms with E-state index >= 15 is 0 Å². The molecule has 2 N–H and O–H groups in total. The van der Waals surface area contributed by atoms with Gasteiger partial charge in [0.05, 0.1) is 12.1 Å². The average Bonchev–Trinajstić information content (AvgIpc) is 2.83. The molecule has 0 amide bonds. The van der Waals surface area contributed by atoms with Crippen molar-refractivity contribution in [3.63, 3.8) is 0 Å². The first-order valence-electron chi connectivity index (χ1n) is 6.14. The summed E-state index contributed by atoms with van der Waals surface area (Å²) in [6, 6.07) is 7.32. The van der Waals surface area contributed by atoms with Crippen molar-refractivity contribution < 1.29 is 9.90 Å². The van der Waals surface area contributed by atoms with E-state index in [1.165, 1.54) is 0 Å². The van der Waals surface area contributed by atoms with E-state index < -0.39 is 5.97 Å². The van der Waals surface area contributed by atoms with E-state index in [2.05, 4.69) is 10.4 Å². The Morgan fingerprint density at radius 2 is 2.32 bits per heavy atom. The summed E-state index contributed by atoms with van der Waals surface area (Å²) < 4.78 is 1.81. The monoisotopic (exact) mass is 259 g/mol. The highest BCUT2D eigenvalue weighted by Crippen LogP contribution is 2.18. The molecule has 5 heteroatoms. The summed E-state index contributed by atoms with van der Waals surface area (Å²) in [5.74, 6) is -0.919. The summed E-state index contributed by atoms with van der Waals surface area (Å²) in [6.07, 6.45) is 3.60. The van der Waals surface area contributed by atoms with Gasteiger partial charge in [-0.1, -0.05) is 11.6 Å². The largest absolute Gasteiger partial charge is 0.478 e. The van der Waals surface area contributed by atoms with Crippen LogP contribution in [0.25, 0.3) is 0 Å². The highest BCUT2D eigenvalue weighted by molar-refractivity contribution is 5.94. The van der Waals surface area contributed by atoms with Crippen LogP contribution in [-0.2, 0) is 6.54 Å². The zero-order chi connectivity index (χ0) is 13.8. The Hall–Kier alpha value is -2.30. The van der Waals surface area contributed by atoms with Crippen LogP contribution in [0, 0.1) is 6.92 Å². The number of benzene rings is 1.